The summed E-state index contributed by atoms with van der Waals surface area (Å²) in [5.74, 6) is 0.323. The largest absolute Gasteiger partial charge is 0.493 e. The molecule has 0 unspecified atom stereocenters. The SMILES string of the molecule is CCOC(=O)N[C@H]1CS(=O)(=O)C[C@H]1NCC(=O)c1ccc(OC)c(OC)c1. The summed E-state index contributed by atoms with van der Waals surface area (Å²) in [5.41, 5.74) is 0.399. The molecule has 2 rings (SSSR count). The molecule has 9 nitrogen and oxygen atoms in total. The van der Waals surface area contributed by atoms with Crippen LogP contribution in [0.1, 0.15) is 17.3 Å². The third kappa shape index (κ3) is 5.57. The number of carbonyl (C=O) groups is 2. The third-order valence-corrected chi connectivity index (χ3v) is 5.90. The number of amides is 1. The fraction of sp³-hybridized carbons (Fsp3) is 0.529. The van der Waals surface area contributed by atoms with Gasteiger partial charge in [0.2, 0.25) is 0 Å². The highest BCUT2D eigenvalue weighted by Crippen LogP contribution is 2.27. The van der Waals surface area contributed by atoms with Crippen LogP contribution in [0.4, 0.5) is 4.79 Å². The number of ether oxygens (including phenoxy) is 3. The fourth-order valence-corrected chi connectivity index (χ4v) is 4.75. The fourth-order valence-electron chi connectivity index (χ4n) is 2.85. The number of hydrogen-bond donors (Lipinski definition) is 2. The van der Waals surface area contributed by atoms with E-state index in [0.717, 1.165) is 0 Å². The molecule has 2 atom stereocenters. The summed E-state index contributed by atoms with van der Waals surface area (Å²) in [6.45, 7) is 1.75. The number of hydrogen-bond acceptors (Lipinski definition) is 8. The van der Waals surface area contributed by atoms with E-state index in [-0.39, 0.29) is 30.4 Å². The van der Waals surface area contributed by atoms with Gasteiger partial charge in [0.25, 0.3) is 0 Å². The molecule has 0 bridgehead atoms. The number of alkyl carbamates (subject to hydrolysis) is 1. The molecular weight excluding hydrogens is 376 g/mol. The smallest absolute Gasteiger partial charge is 0.407 e. The molecule has 1 aromatic carbocycles. The van der Waals surface area contributed by atoms with Crippen molar-refractivity contribution in [3.8, 4) is 11.5 Å². The Morgan fingerprint density at radius 1 is 1.11 bits per heavy atom. The molecule has 0 radical (unpaired) electrons. The van der Waals surface area contributed by atoms with Crippen LogP contribution in [0.25, 0.3) is 0 Å². The van der Waals surface area contributed by atoms with Crippen LogP contribution in [0.3, 0.4) is 0 Å². The average Bonchev–Trinajstić information content (AvgIpc) is 2.92. The Balaban J connectivity index is 2.02. The first-order valence-electron chi connectivity index (χ1n) is 8.42. The Morgan fingerprint density at radius 2 is 1.78 bits per heavy atom. The molecule has 1 heterocycles. The van der Waals surface area contributed by atoms with E-state index in [4.69, 9.17) is 14.2 Å². The van der Waals surface area contributed by atoms with Crippen molar-refractivity contribution < 1.29 is 32.2 Å². The molecule has 2 N–H and O–H groups in total. The van der Waals surface area contributed by atoms with E-state index in [2.05, 4.69) is 10.6 Å². The van der Waals surface area contributed by atoms with E-state index < -0.39 is 28.0 Å². The summed E-state index contributed by atoms with van der Waals surface area (Å²) in [4.78, 5) is 24.0. The molecule has 0 spiro atoms. The molecule has 1 aliphatic rings. The molecule has 1 aliphatic heterocycles. The maximum absolute atomic E-state index is 12.4. The number of carbonyl (C=O) groups excluding carboxylic acids is 2. The lowest BCUT2D eigenvalue weighted by atomic mass is 10.1. The van der Waals surface area contributed by atoms with Gasteiger partial charge in [-0.3, -0.25) is 4.79 Å². The zero-order chi connectivity index (χ0) is 20.0. The van der Waals surface area contributed by atoms with Crippen LogP contribution in [-0.4, -0.2) is 71.3 Å². The van der Waals surface area contributed by atoms with E-state index in [0.29, 0.717) is 17.1 Å². The summed E-state index contributed by atoms with van der Waals surface area (Å²) in [6, 6.07) is 3.54. The second kappa shape index (κ2) is 9.05. The van der Waals surface area contributed by atoms with Crippen LogP contribution < -0.4 is 20.1 Å². The minimum atomic E-state index is -3.32. The first-order chi connectivity index (χ1) is 12.8. The molecule has 1 aromatic rings. The van der Waals surface area contributed by atoms with Gasteiger partial charge in [-0.15, -0.1) is 0 Å². The van der Waals surface area contributed by atoms with Crippen molar-refractivity contribution in [2.75, 3.05) is 38.9 Å². The molecule has 1 fully saturated rings. The summed E-state index contributed by atoms with van der Waals surface area (Å²) < 4.78 is 38.9. The molecule has 150 valence electrons. The van der Waals surface area contributed by atoms with Gasteiger partial charge < -0.3 is 24.8 Å². The Kier molecular flexibility index (Phi) is 7.03. The highest BCUT2D eigenvalue weighted by molar-refractivity contribution is 7.91. The van der Waals surface area contributed by atoms with Gasteiger partial charge in [0.15, 0.2) is 27.1 Å². The number of benzene rings is 1. The normalized spacial score (nSPS) is 20.7. The van der Waals surface area contributed by atoms with Gasteiger partial charge in [0.1, 0.15) is 0 Å². The van der Waals surface area contributed by atoms with Crippen molar-refractivity contribution in [3.63, 3.8) is 0 Å². The first-order valence-corrected chi connectivity index (χ1v) is 10.2. The van der Waals surface area contributed by atoms with Crippen LogP contribution in [0, 0.1) is 0 Å². The number of ketones is 1. The van der Waals surface area contributed by atoms with Gasteiger partial charge in [0.05, 0.1) is 44.9 Å². The molecule has 1 saturated heterocycles. The molecule has 27 heavy (non-hydrogen) atoms. The Bertz CT molecular complexity index is 794. The van der Waals surface area contributed by atoms with Gasteiger partial charge in [-0.2, -0.15) is 0 Å². The topological polar surface area (TPSA) is 120 Å². The Labute approximate surface area is 158 Å². The zero-order valence-electron chi connectivity index (χ0n) is 15.5. The maximum atomic E-state index is 12.4. The van der Waals surface area contributed by atoms with Crippen LogP contribution in [0.2, 0.25) is 0 Å². The number of Topliss-reactive ketones (excluding diaryl/α,β-unsaturated/α-hetero) is 1. The quantitative estimate of drug-likeness (QED) is 0.601. The highest BCUT2D eigenvalue weighted by Gasteiger charge is 2.38. The van der Waals surface area contributed by atoms with Crippen LogP contribution in [0.15, 0.2) is 18.2 Å². The Morgan fingerprint density at radius 3 is 2.41 bits per heavy atom. The van der Waals surface area contributed by atoms with E-state index in [1.165, 1.54) is 14.2 Å². The summed E-state index contributed by atoms with van der Waals surface area (Å²) >= 11 is 0. The van der Waals surface area contributed by atoms with E-state index >= 15 is 0 Å². The van der Waals surface area contributed by atoms with Crippen molar-refractivity contribution in [2.45, 2.75) is 19.0 Å². The minimum absolute atomic E-state index is 0.0866. The molecule has 0 saturated carbocycles. The van der Waals surface area contributed by atoms with Crippen LogP contribution in [-0.2, 0) is 14.6 Å². The van der Waals surface area contributed by atoms with E-state index in [1.807, 2.05) is 0 Å². The lowest BCUT2D eigenvalue weighted by molar-refractivity contribution is 0.0986. The minimum Gasteiger partial charge on any atom is -0.493 e. The average molecular weight is 400 g/mol. The van der Waals surface area contributed by atoms with E-state index in [9.17, 15) is 18.0 Å². The summed E-state index contributed by atoms with van der Waals surface area (Å²) in [6.07, 6.45) is -0.683. The summed E-state index contributed by atoms with van der Waals surface area (Å²) in [7, 11) is -0.348. The molecule has 1 amide bonds. The van der Waals surface area contributed by atoms with Crippen molar-refractivity contribution in [1.29, 1.82) is 0 Å². The second-order valence-electron chi connectivity index (χ2n) is 6.03. The number of rotatable bonds is 8. The maximum Gasteiger partial charge on any atom is 0.407 e. The van der Waals surface area contributed by atoms with Gasteiger partial charge in [-0.1, -0.05) is 0 Å². The third-order valence-electron chi connectivity index (χ3n) is 4.16. The lowest BCUT2D eigenvalue weighted by Crippen LogP contribution is -2.50. The first kappa shape index (κ1) is 21.0. The predicted octanol–water partition coefficient (Wildman–Crippen LogP) is 0.388. The lowest BCUT2D eigenvalue weighted by Gasteiger charge is -2.20. The number of methoxy groups -OCH3 is 2. The van der Waals surface area contributed by atoms with Crippen molar-refractivity contribution in [1.82, 2.24) is 10.6 Å². The standard InChI is InChI=1S/C17H24N2O7S/c1-4-26-17(21)19-13-10-27(22,23)9-12(13)18-8-14(20)11-5-6-15(24-2)16(7-11)25-3/h5-7,12-13,18H,4,8-10H2,1-3H3,(H,19,21)/t12-,13+/m1/s1. The van der Waals surface area contributed by atoms with Gasteiger partial charge in [-0.25, -0.2) is 13.2 Å². The molecule has 0 aromatic heterocycles. The van der Waals surface area contributed by atoms with Gasteiger partial charge in [0, 0.05) is 11.6 Å². The Hall–Kier alpha value is -2.33. The molecular formula is C17H24N2O7S. The van der Waals surface area contributed by atoms with Crippen molar-refractivity contribution in [2.24, 2.45) is 0 Å². The summed E-state index contributed by atoms with van der Waals surface area (Å²) in [5, 5.41) is 5.46. The second-order valence-corrected chi connectivity index (χ2v) is 8.18. The molecule has 0 aliphatic carbocycles. The monoisotopic (exact) mass is 400 g/mol. The predicted molar refractivity (Wildman–Crippen MR) is 98.3 cm³/mol. The van der Waals surface area contributed by atoms with Gasteiger partial charge >= 0.3 is 6.09 Å². The number of nitrogens with one attached hydrogen (secondary N) is 2. The van der Waals surface area contributed by atoms with Crippen molar-refractivity contribution >= 4 is 21.7 Å². The van der Waals surface area contributed by atoms with Crippen molar-refractivity contribution in [3.05, 3.63) is 23.8 Å². The molecule has 10 heteroatoms. The van der Waals surface area contributed by atoms with Gasteiger partial charge in [-0.05, 0) is 25.1 Å². The number of sulfone groups is 1. The highest BCUT2D eigenvalue weighted by atomic mass is 32.2. The van der Waals surface area contributed by atoms with Crippen LogP contribution >= 0.6 is 0 Å². The zero-order valence-corrected chi connectivity index (χ0v) is 16.3. The van der Waals surface area contributed by atoms with Crippen LogP contribution in [0.5, 0.6) is 11.5 Å². The van der Waals surface area contributed by atoms with E-state index in [1.54, 1.807) is 25.1 Å².